The first-order valence-corrected chi connectivity index (χ1v) is 5.36. The number of carbonyl (C=O) groups excluding carboxylic acids is 1. The zero-order valence-electron chi connectivity index (χ0n) is 9.53. The lowest BCUT2D eigenvalue weighted by atomic mass is 9.98. The van der Waals surface area contributed by atoms with E-state index in [2.05, 4.69) is 5.32 Å². The van der Waals surface area contributed by atoms with Crippen LogP contribution in [0.2, 0.25) is 0 Å². The van der Waals surface area contributed by atoms with Gasteiger partial charge in [0.1, 0.15) is 5.82 Å². The van der Waals surface area contributed by atoms with Gasteiger partial charge in [0.05, 0.1) is 13.7 Å². The van der Waals surface area contributed by atoms with Crippen molar-refractivity contribution in [2.75, 3.05) is 25.6 Å². The number of rotatable bonds is 3. The normalized spacial score (nSPS) is 23.4. The van der Waals surface area contributed by atoms with Gasteiger partial charge in [-0.2, -0.15) is 0 Å². The van der Waals surface area contributed by atoms with E-state index in [9.17, 15) is 9.18 Å². The number of hydrogen-bond donors (Lipinski definition) is 1. The van der Waals surface area contributed by atoms with E-state index < -0.39 is 5.54 Å². The van der Waals surface area contributed by atoms with E-state index in [0.717, 1.165) is 0 Å². The van der Waals surface area contributed by atoms with Crippen LogP contribution < -0.4 is 5.32 Å². The molecule has 5 heteroatoms. The second-order valence-corrected chi connectivity index (χ2v) is 4.01. The van der Waals surface area contributed by atoms with Crippen LogP contribution in [0, 0.1) is 5.82 Å². The SMILES string of the molecule is COC(=O)C1(Nc2ccc(F)cc2)CCOC1. The molecule has 0 aromatic heterocycles. The number of esters is 1. The fourth-order valence-electron chi connectivity index (χ4n) is 1.88. The molecule has 2 rings (SSSR count). The Labute approximate surface area is 98.7 Å². The molecule has 1 atom stereocenters. The van der Waals surface area contributed by atoms with Gasteiger partial charge in [-0.25, -0.2) is 9.18 Å². The Kier molecular flexibility index (Phi) is 3.28. The Hall–Kier alpha value is -1.62. The molecule has 17 heavy (non-hydrogen) atoms. The number of methoxy groups -OCH3 is 1. The van der Waals surface area contributed by atoms with Crippen LogP contribution in [0.3, 0.4) is 0 Å². The predicted molar refractivity (Wildman–Crippen MR) is 60.2 cm³/mol. The highest BCUT2D eigenvalue weighted by Gasteiger charge is 2.43. The van der Waals surface area contributed by atoms with Gasteiger partial charge in [-0.05, 0) is 24.3 Å². The summed E-state index contributed by atoms with van der Waals surface area (Å²) < 4.78 is 22.8. The third kappa shape index (κ3) is 2.39. The Morgan fingerprint density at radius 2 is 2.18 bits per heavy atom. The lowest BCUT2D eigenvalue weighted by Gasteiger charge is -2.26. The summed E-state index contributed by atoms with van der Waals surface area (Å²) in [6, 6.07) is 5.84. The van der Waals surface area contributed by atoms with E-state index in [1.807, 2.05) is 0 Å². The molecule has 0 saturated carbocycles. The van der Waals surface area contributed by atoms with E-state index in [4.69, 9.17) is 9.47 Å². The van der Waals surface area contributed by atoms with Crippen molar-refractivity contribution in [3.05, 3.63) is 30.1 Å². The van der Waals surface area contributed by atoms with Crippen molar-refractivity contribution in [1.82, 2.24) is 0 Å². The van der Waals surface area contributed by atoms with Crippen LogP contribution in [0.4, 0.5) is 10.1 Å². The van der Waals surface area contributed by atoms with Gasteiger partial charge in [0.15, 0.2) is 5.54 Å². The summed E-state index contributed by atoms with van der Waals surface area (Å²) in [6.07, 6.45) is 0.539. The summed E-state index contributed by atoms with van der Waals surface area (Å²) in [5, 5.41) is 3.07. The first-order valence-electron chi connectivity index (χ1n) is 5.36. The largest absolute Gasteiger partial charge is 0.467 e. The van der Waals surface area contributed by atoms with Crippen molar-refractivity contribution in [2.45, 2.75) is 12.0 Å². The van der Waals surface area contributed by atoms with Gasteiger partial charge >= 0.3 is 5.97 Å². The fourth-order valence-corrected chi connectivity index (χ4v) is 1.88. The highest BCUT2D eigenvalue weighted by molar-refractivity contribution is 5.85. The Balaban J connectivity index is 2.18. The maximum atomic E-state index is 12.8. The van der Waals surface area contributed by atoms with E-state index in [1.165, 1.54) is 19.2 Å². The minimum atomic E-state index is -0.855. The summed E-state index contributed by atoms with van der Waals surface area (Å²) in [5.41, 5.74) is -0.186. The van der Waals surface area contributed by atoms with Gasteiger partial charge in [0, 0.05) is 18.7 Å². The smallest absolute Gasteiger partial charge is 0.334 e. The molecule has 1 heterocycles. The highest BCUT2D eigenvalue weighted by atomic mass is 19.1. The molecule has 1 N–H and O–H groups in total. The molecule has 0 radical (unpaired) electrons. The molecule has 1 fully saturated rings. The van der Waals surface area contributed by atoms with Gasteiger partial charge in [0.2, 0.25) is 0 Å². The van der Waals surface area contributed by atoms with Gasteiger partial charge in [-0.1, -0.05) is 0 Å². The fraction of sp³-hybridized carbons (Fsp3) is 0.417. The van der Waals surface area contributed by atoms with E-state index in [0.29, 0.717) is 18.7 Å². The summed E-state index contributed by atoms with van der Waals surface area (Å²) in [5.74, 6) is -0.676. The van der Waals surface area contributed by atoms with E-state index >= 15 is 0 Å². The topological polar surface area (TPSA) is 47.6 Å². The minimum Gasteiger partial charge on any atom is -0.467 e. The van der Waals surface area contributed by atoms with Crippen LogP contribution in [0.15, 0.2) is 24.3 Å². The maximum Gasteiger partial charge on any atom is 0.334 e. The molecule has 1 unspecified atom stereocenters. The third-order valence-corrected chi connectivity index (χ3v) is 2.83. The lowest BCUT2D eigenvalue weighted by Crippen LogP contribution is -2.47. The molecule has 1 aromatic carbocycles. The average molecular weight is 239 g/mol. The van der Waals surface area contributed by atoms with Crippen molar-refractivity contribution in [3.63, 3.8) is 0 Å². The standard InChI is InChI=1S/C12H14FNO3/c1-16-11(15)12(6-7-17-8-12)14-10-4-2-9(13)3-5-10/h2-5,14H,6-8H2,1H3. The van der Waals surface area contributed by atoms with Gasteiger partial charge in [-0.15, -0.1) is 0 Å². The van der Waals surface area contributed by atoms with Crippen LogP contribution in [0.25, 0.3) is 0 Å². The first kappa shape index (κ1) is 11.9. The second-order valence-electron chi connectivity index (χ2n) is 4.01. The number of halogens is 1. The number of anilines is 1. The van der Waals surface area contributed by atoms with Crippen LogP contribution in [-0.2, 0) is 14.3 Å². The van der Waals surface area contributed by atoms with Crippen molar-refractivity contribution in [3.8, 4) is 0 Å². The zero-order valence-corrected chi connectivity index (χ0v) is 9.53. The quantitative estimate of drug-likeness (QED) is 0.813. The van der Waals surface area contributed by atoms with E-state index in [1.54, 1.807) is 12.1 Å². The molecule has 92 valence electrons. The van der Waals surface area contributed by atoms with Crippen LogP contribution in [0.1, 0.15) is 6.42 Å². The second kappa shape index (κ2) is 4.71. The molecule has 0 aliphatic carbocycles. The molecular weight excluding hydrogens is 225 g/mol. The van der Waals surface area contributed by atoms with Crippen LogP contribution >= 0.6 is 0 Å². The molecule has 1 aromatic rings. The lowest BCUT2D eigenvalue weighted by molar-refractivity contribution is -0.146. The number of ether oxygens (including phenoxy) is 2. The van der Waals surface area contributed by atoms with Crippen molar-refractivity contribution in [1.29, 1.82) is 0 Å². The minimum absolute atomic E-state index is 0.261. The first-order chi connectivity index (χ1) is 8.16. The highest BCUT2D eigenvalue weighted by Crippen LogP contribution is 2.25. The van der Waals surface area contributed by atoms with Gasteiger partial charge in [0.25, 0.3) is 0 Å². The van der Waals surface area contributed by atoms with Crippen LogP contribution in [0.5, 0.6) is 0 Å². The molecule has 0 amide bonds. The molecule has 0 spiro atoms. The number of carbonyl (C=O) groups is 1. The molecular formula is C12H14FNO3. The predicted octanol–water partition coefficient (Wildman–Crippen LogP) is 1.57. The Bertz CT molecular complexity index is 399. The molecule has 1 aliphatic rings. The van der Waals surface area contributed by atoms with Gasteiger partial charge in [-0.3, -0.25) is 0 Å². The van der Waals surface area contributed by atoms with Crippen LogP contribution in [-0.4, -0.2) is 31.8 Å². The average Bonchev–Trinajstić information content (AvgIpc) is 2.81. The summed E-state index contributed by atoms with van der Waals surface area (Å²) in [7, 11) is 1.34. The van der Waals surface area contributed by atoms with E-state index in [-0.39, 0.29) is 18.4 Å². The molecule has 1 aliphatic heterocycles. The van der Waals surface area contributed by atoms with Crippen molar-refractivity contribution in [2.24, 2.45) is 0 Å². The molecule has 4 nitrogen and oxygen atoms in total. The monoisotopic (exact) mass is 239 g/mol. The summed E-state index contributed by atoms with van der Waals surface area (Å²) in [4.78, 5) is 11.8. The van der Waals surface area contributed by atoms with Crippen molar-refractivity contribution >= 4 is 11.7 Å². The maximum absolute atomic E-state index is 12.8. The Morgan fingerprint density at radius 3 is 2.71 bits per heavy atom. The Morgan fingerprint density at radius 1 is 1.47 bits per heavy atom. The number of benzene rings is 1. The number of hydrogen-bond acceptors (Lipinski definition) is 4. The van der Waals surface area contributed by atoms with Gasteiger partial charge < -0.3 is 14.8 Å². The third-order valence-electron chi connectivity index (χ3n) is 2.83. The molecule has 1 saturated heterocycles. The number of nitrogens with one attached hydrogen (secondary N) is 1. The summed E-state index contributed by atoms with van der Waals surface area (Å²) >= 11 is 0. The molecule has 0 bridgehead atoms. The summed E-state index contributed by atoms with van der Waals surface area (Å²) in [6.45, 7) is 0.764. The van der Waals surface area contributed by atoms with Crippen molar-refractivity contribution < 1.29 is 18.7 Å². The zero-order chi connectivity index (χ0) is 12.3.